The third-order valence-corrected chi connectivity index (χ3v) is 8.03. The Morgan fingerprint density at radius 1 is 1.00 bits per heavy atom. The molecule has 0 aliphatic carbocycles. The summed E-state index contributed by atoms with van der Waals surface area (Å²) in [6.45, 7) is 9.09. The number of aromatic nitrogens is 3. The van der Waals surface area contributed by atoms with Gasteiger partial charge in [0.1, 0.15) is 5.82 Å². The summed E-state index contributed by atoms with van der Waals surface area (Å²) in [5.74, 6) is -0.883. The Morgan fingerprint density at radius 2 is 1.67 bits per heavy atom. The van der Waals surface area contributed by atoms with E-state index in [0.717, 1.165) is 16.8 Å². The molecule has 0 spiro atoms. The van der Waals surface area contributed by atoms with Gasteiger partial charge in [-0.2, -0.15) is 0 Å². The van der Waals surface area contributed by atoms with Crippen molar-refractivity contribution < 1.29 is 22.7 Å². The number of likely N-dealkylation sites (N-methyl/N-ethyl adjacent to an activating group) is 1. The molecule has 0 radical (unpaired) electrons. The first kappa shape index (κ1) is 30.5. The van der Waals surface area contributed by atoms with Crippen LogP contribution in [-0.2, 0) is 11.8 Å². The number of alkyl halides is 2. The fourth-order valence-corrected chi connectivity index (χ4v) is 5.58. The highest BCUT2D eigenvalue weighted by Gasteiger charge is 2.28. The average molecular weight is 600 g/mol. The number of morpholine rings is 1. The van der Waals surface area contributed by atoms with E-state index >= 15 is 4.39 Å². The number of pyridine rings is 1. The molecule has 2 aliphatic rings. The van der Waals surface area contributed by atoms with Crippen LogP contribution < -0.4 is 20.7 Å². The summed E-state index contributed by atoms with van der Waals surface area (Å²) in [7, 11) is 3.38. The van der Waals surface area contributed by atoms with Gasteiger partial charge in [-0.25, -0.2) is 23.1 Å². The van der Waals surface area contributed by atoms with Gasteiger partial charge in [-0.15, -0.1) is 0 Å². The van der Waals surface area contributed by atoms with E-state index in [1.807, 2.05) is 37.6 Å². The quantitative estimate of drug-likeness (QED) is 0.456. The third-order valence-electron chi connectivity index (χ3n) is 8.03. The van der Waals surface area contributed by atoms with E-state index in [1.165, 1.54) is 31.6 Å². The molecule has 1 amide bonds. The van der Waals surface area contributed by atoms with Crippen molar-refractivity contribution in [2.45, 2.75) is 45.4 Å². The Balaban J connectivity index is 1.52. The first-order valence-electron chi connectivity index (χ1n) is 14.2. The van der Waals surface area contributed by atoms with Crippen LogP contribution in [0.15, 0.2) is 41.6 Å². The minimum Gasteiger partial charge on any atom is -0.372 e. The lowest BCUT2D eigenvalue weighted by molar-refractivity contribution is -0.00572. The van der Waals surface area contributed by atoms with E-state index in [4.69, 9.17) is 4.74 Å². The zero-order valence-corrected chi connectivity index (χ0v) is 24.9. The van der Waals surface area contributed by atoms with Crippen molar-refractivity contribution >= 4 is 23.2 Å². The van der Waals surface area contributed by atoms with Crippen molar-refractivity contribution in [3.05, 3.63) is 64.1 Å². The number of nitrogens with zero attached hydrogens (tertiary/aromatic N) is 6. The molecule has 0 bridgehead atoms. The number of carbonyl (C=O) groups is 1. The van der Waals surface area contributed by atoms with Gasteiger partial charge in [0.25, 0.3) is 17.9 Å². The first-order valence-corrected chi connectivity index (χ1v) is 14.2. The van der Waals surface area contributed by atoms with E-state index in [0.29, 0.717) is 49.9 Å². The molecular formula is C30H36F3N7O3. The molecular weight excluding hydrogens is 563 g/mol. The number of carbonyl (C=O) groups excluding carboxylic acids is 1. The maximum absolute atomic E-state index is 15.8. The van der Waals surface area contributed by atoms with Gasteiger partial charge in [0.2, 0.25) is 5.95 Å². The number of rotatable bonds is 6. The zero-order valence-electron chi connectivity index (χ0n) is 24.9. The zero-order chi connectivity index (χ0) is 31.0. The van der Waals surface area contributed by atoms with E-state index in [-0.39, 0.29) is 35.1 Å². The molecule has 2 saturated heterocycles. The van der Waals surface area contributed by atoms with Gasteiger partial charge < -0.3 is 29.3 Å². The van der Waals surface area contributed by atoms with Crippen LogP contribution in [0.4, 0.5) is 30.5 Å². The number of anilines is 3. The second-order valence-corrected chi connectivity index (χ2v) is 11.4. The minimum atomic E-state index is -3.04. The minimum absolute atomic E-state index is 0.0121. The van der Waals surface area contributed by atoms with Crippen molar-refractivity contribution in [2.24, 2.45) is 7.05 Å². The Hall–Kier alpha value is -3.97. The predicted octanol–water partition coefficient (Wildman–Crippen LogP) is 3.93. The van der Waals surface area contributed by atoms with Crippen molar-refractivity contribution in [3.8, 4) is 11.1 Å². The van der Waals surface area contributed by atoms with Crippen LogP contribution in [0.5, 0.6) is 0 Å². The smallest absolute Gasteiger partial charge is 0.264 e. The van der Waals surface area contributed by atoms with Gasteiger partial charge in [0.15, 0.2) is 0 Å². The van der Waals surface area contributed by atoms with Gasteiger partial charge in [-0.1, -0.05) is 0 Å². The lowest BCUT2D eigenvalue weighted by Crippen LogP contribution is -2.50. The third kappa shape index (κ3) is 6.52. The fourth-order valence-electron chi connectivity index (χ4n) is 5.58. The summed E-state index contributed by atoms with van der Waals surface area (Å²) in [5, 5.41) is 2.73. The van der Waals surface area contributed by atoms with Crippen molar-refractivity contribution in [3.63, 3.8) is 0 Å². The van der Waals surface area contributed by atoms with Crippen molar-refractivity contribution in [2.75, 3.05) is 54.9 Å². The number of hydrogen-bond acceptors (Lipinski definition) is 8. The molecule has 10 nitrogen and oxygen atoms in total. The van der Waals surface area contributed by atoms with Crippen LogP contribution in [0, 0.1) is 5.82 Å². The van der Waals surface area contributed by atoms with Crippen LogP contribution in [-0.4, -0.2) is 83.4 Å². The highest BCUT2D eigenvalue weighted by molar-refractivity contribution is 6.07. The number of amides is 1. The lowest BCUT2D eigenvalue weighted by atomic mass is 10.0. The van der Waals surface area contributed by atoms with E-state index in [9.17, 15) is 18.4 Å². The second kappa shape index (κ2) is 12.3. The average Bonchev–Trinajstić information content (AvgIpc) is 2.96. The highest BCUT2D eigenvalue weighted by atomic mass is 19.3. The molecule has 5 rings (SSSR count). The SMILES string of the molecule is CC1CN(c2ncc(-c3cc(NC(=O)c4cn(C)c(=O)cc4C(F)F)c(N4CCN(C)C(C)C4)cc3F)cn2)CC(C)O1. The van der Waals surface area contributed by atoms with Crippen molar-refractivity contribution in [1.29, 1.82) is 0 Å². The number of nitrogens with one attached hydrogen (secondary N) is 1. The Morgan fingerprint density at radius 3 is 2.30 bits per heavy atom. The molecule has 4 heterocycles. The predicted molar refractivity (Wildman–Crippen MR) is 159 cm³/mol. The largest absolute Gasteiger partial charge is 0.372 e. The van der Waals surface area contributed by atoms with Gasteiger partial charge in [-0.05, 0) is 40.0 Å². The molecule has 3 aromatic rings. The number of benzene rings is 1. The second-order valence-electron chi connectivity index (χ2n) is 11.4. The lowest BCUT2D eigenvalue weighted by Gasteiger charge is -2.39. The summed E-state index contributed by atoms with van der Waals surface area (Å²) in [6.07, 6.45) is 1.12. The molecule has 230 valence electrons. The van der Waals surface area contributed by atoms with Gasteiger partial charge in [0.05, 0.1) is 29.1 Å². The topological polar surface area (TPSA) is 95.8 Å². The molecule has 2 aliphatic heterocycles. The maximum Gasteiger partial charge on any atom is 0.264 e. The van der Waals surface area contributed by atoms with Crippen LogP contribution in [0.25, 0.3) is 11.1 Å². The van der Waals surface area contributed by atoms with E-state index in [2.05, 4.69) is 20.2 Å². The van der Waals surface area contributed by atoms with Crippen molar-refractivity contribution in [1.82, 2.24) is 19.4 Å². The molecule has 1 N–H and O–H groups in total. The highest BCUT2D eigenvalue weighted by Crippen LogP contribution is 2.36. The van der Waals surface area contributed by atoms with Crippen LogP contribution >= 0.6 is 0 Å². The Kier molecular flexibility index (Phi) is 8.74. The summed E-state index contributed by atoms with van der Waals surface area (Å²) in [5.41, 5.74) is -0.479. The molecule has 1 aromatic carbocycles. The summed E-state index contributed by atoms with van der Waals surface area (Å²) in [4.78, 5) is 40.6. The fraction of sp³-hybridized carbons (Fsp3) is 0.467. The van der Waals surface area contributed by atoms with E-state index in [1.54, 1.807) is 0 Å². The van der Waals surface area contributed by atoms with Gasteiger partial charge >= 0.3 is 0 Å². The Bertz CT molecular complexity index is 1540. The maximum atomic E-state index is 15.8. The van der Waals surface area contributed by atoms with Crippen LogP contribution in [0.3, 0.4) is 0 Å². The number of piperazine rings is 1. The molecule has 43 heavy (non-hydrogen) atoms. The van der Waals surface area contributed by atoms with Crippen LogP contribution in [0.2, 0.25) is 0 Å². The van der Waals surface area contributed by atoms with Gasteiger partial charge in [0, 0.05) is 87.2 Å². The standard InChI is InChI=1S/C30H36F3N7O3/c1-17-13-39(7-6-37(17)4)26-10-24(31)21(20-11-34-30(35-12-20)40-14-18(2)43-19(3)15-40)8-25(26)36-29(42)23-16-38(5)27(41)9-22(23)28(32)33/h8-12,16-19,28H,6-7,13-15H2,1-5H3,(H,36,42). The Labute approximate surface area is 248 Å². The number of halogens is 3. The number of aryl methyl sites for hydroxylation is 1. The molecule has 3 unspecified atom stereocenters. The number of ether oxygens (including phenoxy) is 1. The molecule has 2 aromatic heterocycles. The normalized spacial score (nSPS) is 21.4. The van der Waals surface area contributed by atoms with Crippen LogP contribution in [0.1, 0.15) is 43.1 Å². The van der Waals surface area contributed by atoms with E-state index < -0.39 is 29.3 Å². The molecule has 3 atom stereocenters. The summed E-state index contributed by atoms with van der Waals surface area (Å²) >= 11 is 0. The summed E-state index contributed by atoms with van der Waals surface area (Å²) < 4.78 is 50.3. The first-order chi connectivity index (χ1) is 20.4. The molecule has 0 saturated carbocycles. The monoisotopic (exact) mass is 599 g/mol. The number of hydrogen-bond donors (Lipinski definition) is 1. The van der Waals surface area contributed by atoms with Gasteiger partial charge in [-0.3, -0.25) is 9.59 Å². The summed E-state index contributed by atoms with van der Waals surface area (Å²) in [6, 6.07) is 3.73. The molecule has 13 heteroatoms. The molecule has 2 fully saturated rings.